The summed E-state index contributed by atoms with van der Waals surface area (Å²) < 4.78 is 33.6. The number of aryl methyl sites for hydroxylation is 4. The van der Waals surface area contributed by atoms with Crippen LogP contribution in [0, 0.1) is 27.7 Å². The molecule has 0 aromatic heterocycles. The summed E-state index contributed by atoms with van der Waals surface area (Å²) in [5.41, 5.74) is 5.59. The molecule has 3 aromatic carbocycles. The number of ether oxygens (including phenoxy) is 1. The molecule has 34 heavy (non-hydrogen) atoms. The van der Waals surface area contributed by atoms with E-state index in [1.165, 1.54) is 23.3 Å². The van der Waals surface area contributed by atoms with Gasteiger partial charge in [-0.3, -0.25) is 9.52 Å². The van der Waals surface area contributed by atoms with E-state index in [0.29, 0.717) is 22.0 Å². The lowest BCUT2D eigenvalue weighted by atomic mass is 9.96. The summed E-state index contributed by atoms with van der Waals surface area (Å²) >= 11 is 5.85. The van der Waals surface area contributed by atoms with E-state index in [0.717, 1.165) is 11.1 Å². The van der Waals surface area contributed by atoms with Crippen LogP contribution in [0.5, 0.6) is 5.75 Å². The minimum Gasteiger partial charge on any atom is -0.484 e. The van der Waals surface area contributed by atoms with Gasteiger partial charge in [0, 0.05) is 10.7 Å². The van der Waals surface area contributed by atoms with Crippen molar-refractivity contribution in [3.63, 3.8) is 0 Å². The first-order chi connectivity index (χ1) is 16.0. The Morgan fingerprint density at radius 3 is 2.21 bits per heavy atom. The lowest BCUT2D eigenvalue weighted by molar-refractivity contribution is -0.123. The zero-order valence-electron chi connectivity index (χ0n) is 19.9. The SMILES string of the molecule is Cc1cc(C)c(C(C)NC(=O)COc2ccc(S(=O)(=O)Nc3ccc(Cl)cc3)cc2C)cc1C. The third-order valence-electron chi connectivity index (χ3n) is 5.64. The minimum atomic E-state index is -3.78. The van der Waals surface area contributed by atoms with E-state index >= 15 is 0 Å². The van der Waals surface area contributed by atoms with Crippen molar-refractivity contribution in [3.05, 3.63) is 87.4 Å². The number of sulfonamides is 1. The molecule has 0 fully saturated rings. The summed E-state index contributed by atoms with van der Waals surface area (Å²) in [5.74, 6) is 0.182. The molecule has 2 N–H and O–H groups in total. The van der Waals surface area contributed by atoms with Gasteiger partial charge in [0.05, 0.1) is 10.9 Å². The van der Waals surface area contributed by atoms with Crippen LogP contribution in [-0.2, 0) is 14.8 Å². The van der Waals surface area contributed by atoms with Crippen LogP contribution in [0.4, 0.5) is 5.69 Å². The van der Waals surface area contributed by atoms with Crippen molar-refractivity contribution in [2.45, 2.75) is 45.6 Å². The van der Waals surface area contributed by atoms with Crippen LogP contribution in [0.25, 0.3) is 0 Å². The van der Waals surface area contributed by atoms with Crippen molar-refractivity contribution in [1.29, 1.82) is 0 Å². The summed E-state index contributed by atoms with van der Waals surface area (Å²) in [4.78, 5) is 12.6. The molecule has 0 radical (unpaired) electrons. The molecular weight excluding hydrogens is 472 g/mol. The van der Waals surface area contributed by atoms with Crippen molar-refractivity contribution in [2.75, 3.05) is 11.3 Å². The fourth-order valence-corrected chi connectivity index (χ4v) is 4.91. The van der Waals surface area contributed by atoms with Gasteiger partial charge in [0.1, 0.15) is 5.75 Å². The average molecular weight is 501 g/mol. The molecule has 1 amide bonds. The van der Waals surface area contributed by atoms with Gasteiger partial charge in [-0.15, -0.1) is 0 Å². The predicted octanol–water partition coefficient (Wildman–Crippen LogP) is 5.63. The van der Waals surface area contributed by atoms with Crippen LogP contribution in [0.2, 0.25) is 5.02 Å². The number of nitrogens with one attached hydrogen (secondary N) is 2. The van der Waals surface area contributed by atoms with Crippen molar-refractivity contribution < 1.29 is 17.9 Å². The minimum absolute atomic E-state index is 0.0931. The number of benzene rings is 3. The van der Waals surface area contributed by atoms with Crippen LogP contribution in [0.1, 0.15) is 40.8 Å². The van der Waals surface area contributed by atoms with Crippen LogP contribution in [0.3, 0.4) is 0 Å². The van der Waals surface area contributed by atoms with Gasteiger partial charge < -0.3 is 10.1 Å². The molecule has 0 aliphatic heterocycles. The van der Waals surface area contributed by atoms with E-state index in [9.17, 15) is 13.2 Å². The topological polar surface area (TPSA) is 84.5 Å². The Balaban J connectivity index is 1.62. The summed E-state index contributed by atoms with van der Waals surface area (Å²) in [6, 6.07) is 14.9. The molecule has 0 saturated heterocycles. The summed E-state index contributed by atoms with van der Waals surface area (Å²) in [5, 5.41) is 3.48. The fraction of sp³-hybridized carbons (Fsp3) is 0.269. The Bertz CT molecular complexity index is 1310. The van der Waals surface area contributed by atoms with Crippen molar-refractivity contribution in [1.82, 2.24) is 5.32 Å². The number of hydrogen-bond acceptors (Lipinski definition) is 4. The largest absolute Gasteiger partial charge is 0.484 e. The molecule has 1 atom stereocenters. The Labute approximate surface area is 206 Å². The summed E-state index contributed by atoms with van der Waals surface area (Å²) in [7, 11) is -3.78. The average Bonchev–Trinajstić information content (AvgIpc) is 2.76. The predicted molar refractivity (Wildman–Crippen MR) is 136 cm³/mol. The van der Waals surface area contributed by atoms with E-state index in [-0.39, 0.29) is 23.5 Å². The first-order valence-corrected chi connectivity index (χ1v) is 12.7. The van der Waals surface area contributed by atoms with E-state index < -0.39 is 10.0 Å². The quantitative estimate of drug-likeness (QED) is 0.419. The molecule has 6 nitrogen and oxygen atoms in total. The molecule has 0 aliphatic rings. The molecular formula is C26H29ClN2O4S. The fourth-order valence-electron chi connectivity index (χ4n) is 3.64. The van der Waals surface area contributed by atoms with Gasteiger partial charge in [0.2, 0.25) is 0 Å². The Hall–Kier alpha value is -3.03. The van der Waals surface area contributed by atoms with Crippen LogP contribution < -0.4 is 14.8 Å². The highest BCUT2D eigenvalue weighted by molar-refractivity contribution is 7.92. The second-order valence-corrected chi connectivity index (χ2v) is 10.5. The number of hydrogen-bond donors (Lipinski definition) is 2. The molecule has 3 aromatic rings. The third-order valence-corrected chi connectivity index (χ3v) is 7.27. The van der Waals surface area contributed by atoms with Crippen LogP contribution in [-0.4, -0.2) is 20.9 Å². The van der Waals surface area contributed by atoms with Gasteiger partial charge in [0.25, 0.3) is 15.9 Å². The number of rotatable bonds is 8. The van der Waals surface area contributed by atoms with Crippen molar-refractivity contribution in [3.8, 4) is 5.75 Å². The van der Waals surface area contributed by atoms with E-state index in [4.69, 9.17) is 16.3 Å². The Kier molecular flexibility index (Phi) is 7.89. The Morgan fingerprint density at radius 2 is 1.56 bits per heavy atom. The molecule has 8 heteroatoms. The summed E-state index contributed by atoms with van der Waals surface area (Å²) in [6.45, 7) is 9.64. The van der Waals surface area contributed by atoms with E-state index in [2.05, 4.69) is 29.1 Å². The maximum absolute atomic E-state index is 12.7. The number of amides is 1. The standard InChI is InChI=1S/C26H29ClN2O4S/c1-16-12-18(3)24(14-17(16)2)20(5)28-26(30)15-33-25-11-10-23(13-19(25)4)34(31,32)29-22-8-6-21(27)7-9-22/h6-14,20,29H,15H2,1-5H3,(H,28,30). The molecule has 0 bridgehead atoms. The zero-order valence-corrected chi connectivity index (χ0v) is 21.5. The van der Waals surface area contributed by atoms with Gasteiger partial charge in [0.15, 0.2) is 6.61 Å². The highest BCUT2D eigenvalue weighted by atomic mass is 35.5. The maximum atomic E-state index is 12.7. The Morgan fingerprint density at radius 1 is 0.912 bits per heavy atom. The monoisotopic (exact) mass is 500 g/mol. The number of carbonyl (C=O) groups is 1. The molecule has 180 valence electrons. The maximum Gasteiger partial charge on any atom is 0.261 e. The molecule has 1 unspecified atom stereocenters. The van der Waals surface area contributed by atoms with Gasteiger partial charge in [-0.25, -0.2) is 8.42 Å². The summed E-state index contributed by atoms with van der Waals surface area (Å²) in [6.07, 6.45) is 0. The van der Waals surface area contributed by atoms with Crippen molar-refractivity contribution >= 4 is 33.2 Å². The zero-order chi connectivity index (χ0) is 25.0. The highest BCUT2D eigenvalue weighted by Crippen LogP contribution is 2.25. The smallest absolute Gasteiger partial charge is 0.261 e. The van der Waals surface area contributed by atoms with Gasteiger partial charge >= 0.3 is 0 Å². The number of halogens is 1. The first kappa shape index (κ1) is 25.6. The van der Waals surface area contributed by atoms with Gasteiger partial charge in [-0.05, 0) is 105 Å². The lowest BCUT2D eigenvalue weighted by Gasteiger charge is -2.19. The first-order valence-electron chi connectivity index (χ1n) is 10.8. The molecule has 0 saturated carbocycles. The van der Waals surface area contributed by atoms with Crippen LogP contribution >= 0.6 is 11.6 Å². The second-order valence-electron chi connectivity index (χ2n) is 8.41. The highest BCUT2D eigenvalue weighted by Gasteiger charge is 2.17. The number of carbonyl (C=O) groups excluding carboxylic acids is 1. The molecule has 0 heterocycles. The van der Waals surface area contributed by atoms with E-state index in [1.807, 2.05) is 20.8 Å². The van der Waals surface area contributed by atoms with Crippen molar-refractivity contribution in [2.24, 2.45) is 0 Å². The van der Waals surface area contributed by atoms with Gasteiger partial charge in [-0.1, -0.05) is 23.7 Å². The van der Waals surface area contributed by atoms with Crippen LogP contribution in [0.15, 0.2) is 59.5 Å². The molecule has 0 spiro atoms. The third kappa shape index (κ3) is 6.30. The van der Waals surface area contributed by atoms with Gasteiger partial charge in [-0.2, -0.15) is 0 Å². The molecule has 0 aliphatic carbocycles. The lowest BCUT2D eigenvalue weighted by Crippen LogP contribution is -2.31. The normalized spacial score (nSPS) is 12.2. The number of anilines is 1. The van der Waals surface area contributed by atoms with E-state index in [1.54, 1.807) is 37.3 Å². The molecule has 3 rings (SSSR count). The second kappa shape index (κ2) is 10.5.